The van der Waals surface area contributed by atoms with Gasteiger partial charge in [-0.3, -0.25) is 4.79 Å². The average Bonchev–Trinajstić information content (AvgIpc) is 3.06. The molecule has 0 aromatic rings. The van der Waals surface area contributed by atoms with Crippen molar-refractivity contribution in [1.29, 1.82) is 0 Å². The van der Waals surface area contributed by atoms with E-state index >= 15 is 0 Å². The Bertz CT molecular complexity index is 640. The first-order valence-corrected chi connectivity index (χ1v) is 20.5. The highest BCUT2D eigenvalue weighted by Gasteiger charge is 2.26. The Balaban J connectivity index is 3.67. The predicted molar refractivity (Wildman–Crippen MR) is 199 cm³/mol. The van der Waals surface area contributed by atoms with Gasteiger partial charge in [0.05, 0.1) is 18.8 Å². The summed E-state index contributed by atoms with van der Waals surface area (Å²) in [5.41, 5.74) is 0. The number of unbranched alkanes of at least 4 members (excludes halogenated alkanes) is 27. The van der Waals surface area contributed by atoms with Crippen LogP contribution in [0.2, 0.25) is 0 Å². The van der Waals surface area contributed by atoms with Crippen molar-refractivity contribution in [3.8, 4) is 0 Å². The lowest BCUT2D eigenvalue weighted by atomic mass is 10.0. The quantitative estimate of drug-likeness (QED) is 0.0397. The van der Waals surface area contributed by atoms with E-state index in [1.165, 1.54) is 154 Å². The molecule has 0 heterocycles. The molecule has 0 aromatic heterocycles. The molecule has 0 fully saturated rings. The van der Waals surface area contributed by atoms with E-state index < -0.39 is 18.2 Å². The number of amides is 1. The molecule has 0 aromatic carbocycles. The second-order valence-electron chi connectivity index (χ2n) is 14.2. The summed E-state index contributed by atoms with van der Waals surface area (Å²) >= 11 is 0. The minimum Gasteiger partial charge on any atom is -0.394 e. The van der Waals surface area contributed by atoms with Gasteiger partial charge in [-0.25, -0.2) is 0 Å². The second kappa shape index (κ2) is 36.9. The molecule has 0 aliphatic carbocycles. The normalized spacial score (nSPS) is 13.8. The number of rotatable bonds is 37. The smallest absolute Gasteiger partial charge is 0.220 e. The van der Waals surface area contributed by atoms with E-state index in [-0.39, 0.29) is 12.5 Å². The van der Waals surface area contributed by atoms with Crippen molar-refractivity contribution < 1.29 is 20.1 Å². The summed E-state index contributed by atoms with van der Waals surface area (Å²) in [4.78, 5) is 12.4. The molecule has 0 saturated carbocycles. The van der Waals surface area contributed by atoms with E-state index in [1.54, 1.807) is 0 Å². The molecule has 274 valence electrons. The summed E-state index contributed by atoms with van der Waals surface area (Å²) in [7, 11) is 0. The molecule has 0 rings (SSSR count). The Morgan fingerprint density at radius 1 is 0.522 bits per heavy atom. The maximum atomic E-state index is 12.4. The van der Waals surface area contributed by atoms with Gasteiger partial charge in [-0.2, -0.15) is 0 Å². The van der Waals surface area contributed by atoms with Gasteiger partial charge in [0.1, 0.15) is 6.10 Å². The zero-order valence-electron chi connectivity index (χ0n) is 31.0. The third kappa shape index (κ3) is 31.7. The summed E-state index contributed by atoms with van der Waals surface area (Å²) < 4.78 is 0. The SMILES string of the molecule is CCCCCCCCCCCCCC/C=C/CCCC(O)C(O)C(CO)NC(=O)CCCCCCCCCCCCCCCCC. The standard InChI is InChI=1S/C41H81NO4/c1-3-5-7-9-11-13-15-17-19-20-22-23-25-27-29-31-33-35-39(44)41(46)38(37-43)42-40(45)36-34-32-30-28-26-24-21-18-16-14-12-10-8-6-4-2/h27,29,38-39,41,43-44,46H,3-26,28,30-37H2,1-2H3,(H,42,45)/b29-27+. The van der Waals surface area contributed by atoms with Crippen molar-refractivity contribution in [2.75, 3.05) is 6.61 Å². The molecule has 0 saturated heterocycles. The average molecular weight is 652 g/mol. The summed E-state index contributed by atoms with van der Waals surface area (Å²) in [5.74, 6) is -0.152. The van der Waals surface area contributed by atoms with Crippen LogP contribution in [0.1, 0.15) is 219 Å². The van der Waals surface area contributed by atoms with Gasteiger partial charge in [-0.1, -0.05) is 187 Å². The van der Waals surface area contributed by atoms with Crippen LogP contribution in [0.4, 0.5) is 0 Å². The number of aliphatic hydroxyl groups excluding tert-OH is 3. The fourth-order valence-electron chi connectivity index (χ4n) is 6.40. The lowest BCUT2D eigenvalue weighted by molar-refractivity contribution is -0.124. The zero-order valence-corrected chi connectivity index (χ0v) is 31.0. The fraction of sp³-hybridized carbons (Fsp3) is 0.927. The van der Waals surface area contributed by atoms with E-state index in [1.807, 2.05) is 0 Å². The van der Waals surface area contributed by atoms with Gasteiger partial charge in [0.15, 0.2) is 0 Å². The van der Waals surface area contributed by atoms with Crippen LogP contribution in [-0.4, -0.2) is 46.1 Å². The van der Waals surface area contributed by atoms with Crippen LogP contribution in [0, 0.1) is 0 Å². The molecule has 0 spiro atoms. The van der Waals surface area contributed by atoms with E-state index in [2.05, 4.69) is 31.3 Å². The van der Waals surface area contributed by atoms with Crippen LogP contribution in [0.5, 0.6) is 0 Å². The largest absolute Gasteiger partial charge is 0.394 e. The number of allylic oxidation sites excluding steroid dienone is 2. The molecule has 0 aliphatic rings. The van der Waals surface area contributed by atoms with Crippen LogP contribution < -0.4 is 5.32 Å². The van der Waals surface area contributed by atoms with Crippen molar-refractivity contribution in [3.63, 3.8) is 0 Å². The van der Waals surface area contributed by atoms with Crippen molar-refractivity contribution >= 4 is 5.91 Å². The molecule has 0 radical (unpaired) electrons. The highest BCUT2D eigenvalue weighted by Crippen LogP contribution is 2.15. The highest BCUT2D eigenvalue weighted by molar-refractivity contribution is 5.76. The number of hydrogen-bond acceptors (Lipinski definition) is 4. The Morgan fingerprint density at radius 2 is 0.870 bits per heavy atom. The molecule has 5 heteroatoms. The molecule has 5 nitrogen and oxygen atoms in total. The monoisotopic (exact) mass is 652 g/mol. The first-order chi connectivity index (χ1) is 22.6. The molecule has 1 amide bonds. The molecule has 3 atom stereocenters. The minimum absolute atomic E-state index is 0.152. The minimum atomic E-state index is -1.15. The summed E-state index contributed by atoms with van der Waals surface area (Å²) in [6.45, 7) is 4.17. The van der Waals surface area contributed by atoms with Crippen molar-refractivity contribution in [3.05, 3.63) is 12.2 Å². The third-order valence-electron chi connectivity index (χ3n) is 9.62. The first kappa shape index (κ1) is 45.1. The second-order valence-corrected chi connectivity index (χ2v) is 14.2. The van der Waals surface area contributed by atoms with Crippen molar-refractivity contribution in [2.45, 2.75) is 238 Å². The molecule has 0 aliphatic heterocycles. The molecular formula is C41H81NO4. The number of aliphatic hydroxyl groups is 3. The van der Waals surface area contributed by atoms with E-state index in [0.29, 0.717) is 12.8 Å². The van der Waals surface area contributed by atoms with Gasteiger partial charge in [0, 0.05) is 6.42 Å². The lowest BCUT2D eigenvalue weighted by Gasteiger charge is -2.26. The number of carbonyl (C=O) groups is 1. The summed E-state index contributed by atoms with van der Waals surface area (Å²) in [6.07, 6.45) is 41.7. The van der Waals surface area contributed by atoms with Gasteiger partial charge in [0.25, 0.3) is 0 Å². The Hall–Kier alpha value is -0.910. The van der Waals surface area contributed by atoms with Gasteiger partial charge < -0.3 is 20.6 Å². The van der Waals surface area contributed by atoms with Gasteiger partial charge in [0.2, 0.25) is 5.91 Å². The number of carbonyl (C=O) groups excluding carboxylic acids is 1. The molecule has 0 bridgehead atoms. The zero-order chi connectivity index (χ0) is 33.8. The maximum absolute atomic E-state index is 12.4. The van der Waals surface area contributed by atoms with Gasteiger partial charge in [-0.05, 0) is 38.5 Å². The van der Waals surface area contributed by atoms with Crippen molar-refractivity contribution in [2.24, 2.45) is 0 Å². The van der Waals surface area contributed by atoms with Crippen LogP contribution >= 0.6 is 0 Å². The van der Waals surface area contributed by atoms with Gasteiger partial charge >= 0.3 is 0 Å². The van der Waals surface area contributed by atoms with E-state index in [4.69, 9.17) is 0 Å². The van der Waals surface area contributed by atoms with E-state index in [9.17, 15) is 20.1 Å². The highest BCUT2D eigenvalue weighted by atomic mass is 16.3. The maximum Gasteiger partial charge on any atom is 0.220 e. The molecule has 3 unspecified atom stereocenters. The van der Waals surface area contributed by atoms with Crippen molar-refractivity contribution in [1.82, 2.24) is 5.32 Å². The molecule has 46 heavy (non-hydrogen) atoms. The summed E-state index contributed by atoms with van der Waals surface area (Å²) in [5, 5.41) is 33.4. The Morgan fingerprint density at radius 3 is 1.26 bits per heavy atom. The van der Waals surface area contributed by atoms with Crippen LogP contribution in [0.15, 0.2) is 12.2 Å². The van der Waals surface area contributed by atoms with E-state index in [0.717, 1.165) is 38.5 Å². The fourth-order valence-corrected chi connectivity index (χ4v) is 6.40. The Labute approximate surface area is 287 Å². The van der Waals surface area contributed by atoms with Crippen LogP contribution in [0.3, 0.4) is 0 Å². The molecule has 4 N–H and O–H groups in total. The van der Waals surface area contributed by atoms with Crippen LogP contribution in [-0.2, 0) is 4.79 Å². The molecular weight excluding hydrogens is 570 g/mol. The predicted octanol–water partition coefficient (Wildman–Crippen LogP) is 11.3. The Kier molecular flexibility index (Phi) is 36.2. The number of hydrogen-bond donors (Lipinski definition) is 4. The topological polar surface area (TPSA) is 89.8 Å². The lowest BCUT2D eigenvalue weighted by Crippen LogP contribution is -2.50. The summed E-state index contributed by atoms with van der Waals surface area (Å²) in [6, 6.07) is -0.819. The van der Waals surface area contributed by atoms with Gasteiger partial charge in [-0.15, -0.1) is 0 Å². The number of nitrogens with one attached hydrogen (secondary N) is 1. The van der Waals surface area contributed by atoms with Crippen LogP contribution in [0.25, 0.3) is 0 Å². The third-order valence-corrected chi connectivity index (χ3v) is 9.62. The first-order valence-electron chi connectivity index (χ1n) is 20.5.